The third kappa shape index (κ3) is 1.57. The van der Waals surface area contributed by atoms with Gasteiger partial charge >= 0.3 is 0 Å². The van der Waals surface area contributed by atoms with E-state index in [1.165, 1.54) is 19.3 Å². The van der Waals surface area contributed by atoms with Crippen LogP contribution in [-0.4, -0.2) is 35.1 Å². The van der Waals surface area contributed by atoms with E-state index in [9.17, 15) is 4.79 Å². The molecule has 2 aliphatic rings. The summed E-state index contributed by atoms with van der Waals surface area (Å²) in [5, 5.41) is 9.06. The summed E-state index contributed by atoms with van der Waals surface area (Å²) in [7, 11) is 0. The van der Waals surface area contributed by atoms with E-state index in [1.54, 1.807) is 11.8 Å². The summed E-state index contributed by atoms with van der Waals surface area (Å²) in [6.07, 6.45) is 3.25. The molecule has 1 N–H and O–H groups in total. The molecule has 1 saturated carbocycles. The molecule has 1 aliphatic carbocycles. The highest BCUT2D eigenvalue weighted by molar-refractivity contribution is 5.80. The van der Waals surface area contributed by atoms with Gasteiger partial charge in [0.2, 0.25) is 0 Å². The second-order valence-corrected chi connectivity index (χ2v) is 4.37. The Morgan fingerprint density at radius 2 is 2.00 bits per heavy atom. The quantitative estimate of drug-likeness (QED) is 0.682. The number of likely N-dealkylation sites (tertiary alicyclic amines) is 1. The standard InChI is InChI=1S/C10H17NO2/c1-7(12)10(13)11-5-9(6-11)8-3-2-4-8/h7-9,12H,2-6H2,1H3/t7-/m0/s1. The highest BCUT2D eigenvalue weighted by Gasteiger charge is 2.39. The first-order valence-corrected chi connectivity index (χ1v) is 5.15. The van der Waals surface area contributed by atoms with E-state index < -0.39 is 6.10 Å². The normalized spacial score (nSPS) is 26.5. The largest absolute Gasteiger partial charge is 0.384 e. The molecule has 0 aromatic heterocycles. The minimum Gasteiger partial charge on any atom is -0.384 e. The van der Waals surface area contributed by atoms with Crippen molar-refractivity contribution in [2.75, 3.05) is 13.1 Å². The van der Waals surface area contributed by atoms with Gasteiger partial charge in [0.1, 0.15) is 6.10 Å². The Bertz CT molecular complexity index is 205. The van der Waals surface area contributed by atoms with Crippen molar-refractivity contribution < 1.29 is 9.90 Å². The summed E-state index contributed by atoms with van der Waals surface area (Å²) in [6.45, 7) is 3.31. The van der Waals surface area contributed by atoms with Crippen LogP contribution in [0.4, 0.5) is 0 Å². The molecule has 1 aliphatic heterocycles. The molecule has 0 spiro atoms. The van der Waals surface area contributed by atoms with Gasteiger partial charge in [-0.3, -0.25) is 4.79 Å². The monoisotopic (exact) mass is 183 g/mol. The van der Waals surface area contributed by atoms with Crippen LogP contribution in [0.15, 0.2) is 0 Å². The van der Waals surface area contributed by atoms with Gasteiger partial charge in [-0.1, -0.05) is 19.3 Å². The van der Waals surface area contributed by atoms with Crippen molar-refractivity contribution in [1.29, 1.82) is 0 Å². The molecule has 3 nitrogen and oxygen atoms in total. The molecule has 0 unspecified atom stereocenters. The van der Waals surface area contributed by atoms with Gasteiger partial charge in [0.25, 0.3) is 5.91 Å². The molecule has 74 valence electrons. The zero-order valence-corrected chi connectivity index (χ0v) is 8.07. The molecule has 0 bridgehead atoms. The lowest BCUT2D eigenvalue weighted by Crippen LogP contribution is -2.56. The number of carbonyl (C=O) groups is 1. The van der Waals surface area contributed by atoms with Gasteiger partial charge in [-0.2, -0.15) is 0 Å². The predicted octanol–water partition coefficient (Wildman–Crippen LogP) is 0.626. The molecule has 1 amide bonds. The average molecular weight is 183 g/mol. The summed E-state index contributed by atoms with van der Waals surface area (Å²) in [5.74, 6) is 1.50. The molecule has 0 aromatic rings. The predicted molar refractivity (Wildman–Crippen MR) is 49.1 cm³/mol. The Hall–Kier alpha value is -0.570. The maximum atomic E-state index is 11.3. The van der Waals surface area contributed by atoms with Crippen LogP contribution in [-0.2, 0) is 4.79 Å². The van der Waals surface area contributed by atoms with Crippen LogP contribution >= 0.6 is 0 Å². The maximum Gasteiger partial charge on any atom is 0.251 e. The van der Waals surface area contributed by atoms with Crippen LogP contribution in [0.2, 0.25) is 0 Å². The molecule has 1 heterocycles. The molecular formula is C10H17NO2. The number of carbonyl (C=O) groups excluding carboxylic acids is 1. The second kappa shape index (κ2) is 3.29. The Morgan fingerprint density at radius 1 is 1.38 bits per heavy atom. The average Bonchev–Trinajstić information content (AvgIpc) is 1.90. The second-order valence-electron chi connectivity index (χ2n) is 4.37. The van der Waals surface area contributed by atoms with Crippen LogP contribution in [0.5, 0.6) is 0 Å². The van der Waals surface area contributed by atoms with E-state index in [-0.39, 0.29) is 5.91 Å². The van der Waals surface area contributed by atoms with E-state index in [4.69, 9.17) is 5.11 Å². The summed E-state index contributed by atoms with van der Waals surface area (Å²) < 4.78 is 0. The van der Waals surface area contributed by atoms with Crippen molar-refractivity contribution in [2.24, 2.45) is 11.8 Å². The molecule has 0 radical (unpaired) electrons. The van der Waals surface area contributed by atoms with E-state index in [2.05, 4.69) is 0 Å². The van der Waals surface area contributed by atoms with Gasteiger partial charge in [0, 0.05) is 13.1 Å². The minimum atomic E-state index is -0.817. The zero-order chi connectivity index (χ0) is 9.42. The minimum absolute atomic E-state index is 0.101. The molecule has 2 rings (SSSR count). The first-order chi connectivity index (χ1) is 6.18. The van der Waals surface area contributed by atoms with E-state index in [1.807, 2.05) is 0 Å². The Kier molecular flexibility index (Phi) is 2.28. The summed E-state index contributed by atoms with van der Waals surface area (Å²) >= 11 is 0. The number of aliphatic hydroxyl groups is 1. The van der Waals surface area contributed by atoms with Crippen molar-refractivity contribution in [1.82, 2.24) is 4.90 Å². The molecule has 1 saturated heterocycles. The van der Waals surface area contributed by atoms with Gasteiger partial charge in [-0.25, -0.2) is 0 Å². The first-order valence-electron chi connectivity index (χ1n) is 5.15. The lowest BCUT2D eigenvalue weighted by Gasteiger charge is -2.46. The van der Waals surface area contributed by atoms with E-state index in [0.29, 0.717) is 0 Å². The van der Waals surface area contributed by atoms with Crippen molar-refractivity contribution in [3.63, 3.8) is 0 Å². The Balaban J connectivity index is 1.74. The van der Waals surface area contributed by atoms with Gasteiger partial charge in [0.05, 0.1) is 0 Å². The fourth-order valence-electron chi connectivity index (χ4n) is 2.17. The summed E-state index contributed by atoms with van der Waals surface area (Å²) in [6, 6.07) is 0. The molecule has 2 fully saturated rings. The number of rotatable bonds is 2. The van der Waals surface area contributed by atoms with Crippen LogP contribution < -0.4 is 0 Å². The number of hydrogen-bond acceptors (Lipinski definition) is 2. The molecule has 3 heteroatoms. The van der Waals surface area contributed by atoms with Crippen molar-refractivity contribution in [2.45, 2.75) is 32.3 Å². The van der Waals surface area contributed by atoms with Crippen LogP contribution in [0, 0.1) is 11.8 Å². The lowest BCUT2D eigenvalue weighted by atomic mass is 9.72. The van der Waals surface area contributed by atoms with E-state index >= 15 is 0 Å². The van der Waals surface area contributed by atoms with Gasteiger partial charge in [0.15, 0.2) is 0 Å². The van der Waals surface area contributed by atoms with Crippen LogP contribution in [0.25, 0.3) is 0 Å². The third-order valence-corrected chi connectivity index (χ3v) is 3.40. The van der Waals surface area contributed by atoms with Crippen LogP contribution in [0.3, 0.4) is 0 Å². The summed E-state index contributed by atoms with van der Waals surface area (Å²) in [4.78, 5) is 13.0. The topological polar surface area (TPSA) is 40.5 Å². The Labute approximate surface area is 78.7 Å². The SMILES string of the molecule is C[C@H](O)C(=O)N1CC(C2CCC2)C1. The van der Waals surface area contributed by atoms with E-state index in [0.717, 1.165) is 24.9 Å². The number of hydrogen-bond donors (Lipinski definition) is 1. The maximum absolute atomic E-state index is 11.3. The zero-order valence-electron chi connectivity index (χ0n) is 8.07. The number of nitrogens with zero attached hydrogens (tertiary/aromatic N) is 1. The molecule has 13 heavy (non-hydrogen) atoms. The van der Waals surface area contributed by atoms with Crippen molar-refractivity contribution >= 4 is 5.91 Å². The van der Waals surface area contributed by atoms with Gasteiger partial charge < -0.3 is 10.0 Å². The van der Waals surface area contributed by atoms with Crippen LogP contribution in [0.1, 0.15) is 26.2 Å². The highest BCUT2D eigenvalue weighted by atomic mass is 16.3. The number of aliphatic hydroxyl groups excluding tert-OH is 1. The van der Waals surface area contributed by atoms with Gasteiger partial charge in [-0.15, -0.1) is 0 Å². The van der Waals surface area contributed by atoms with Gasteiger partial charge in [-0.05, 0) is 18.8 Å². The molecular weight excluding hydrogens is 166 g/mol. The first kappa shape index (κ1) is 9.00. The fourth-order valence-corrected chi connectivity index (χ4v) is 2.17. The highest BCUT2D eigenvalue weighted by Crippen LogP contribution is 2.38. The van der Waals surface area contributed by atoms with Crippen molar-refractivity contribution in [3.8, 4) is 0 Å². The number of amides is 1. The summed E-state index contributed by atoms with van der Waals surface area (Å²) in [5.41, 5.74) is 0. The fraction of sp³-hybridized carbons (Fsp3) is 0.900. The Morgan fingerprint density at radius 3 is 2.38 bits per heavy atom. The third-order valence-electron chi connectivity index (χ3n) is 3.40. The molecule has 0 aromatic carbocycles. The lowest BCUT2D eigenvalue weighted by molar-refractivity contribution is -0.148. The molecule has 1 atom stereocenters. The van der Waals surface area contributed by atoms with Crippen molar-refractivity contribution in [3.05, 3.63) is 0 Å². The smallest absolute Gasteiger partial charge is 0.251 e.